The zero-order valence-corrected chi connectivity index (χ0v) is 25.1. The minimum Gasteiger partial charge on any atom is -0.460 e. The van der Waals surface area contributed by atoms with E-state index in [1.54, 1.807) is 0 Å². The quantitative estimate of drug-likeness (QED) is 0.444. The van der Waals surface area contributed by atoms with Crippen molar-refractivity contribution in [1.82, 2.24) is 10.2 Å². The average molecular weight is 519 g/mol. The highest BCUT2D eigenvalue weighted by Gasteiger charge is 2.53. The summed E-state index contributed by atoms with van der Waals surface area (Å²) in [7, 11) is 0. The van der Waals surface area contributed by atoms with Crippen LogP contribution in [0.5, 0.6) is 0 Å². The zero-order chi connectivity index (χ0) is 27.4. The Morgan fingerprint density at radius 3 is 1.76 bits per heavy atom. The molecule has 0 spiro atoms. The Kier molecular flexibility index (Phi) is 7.89. The molecule has 0 amide bonds. The van der Waals surface area contributed by atoms with Crippen molar-refractivity contribution in [2.45, 2.75) is 154 Å². The number of hydrogen-bond donors (Lipinski definition) is 1. The molecule has 212 valence electrons. The molecule has 0 radical (unpaired) electrons. The molecule has 2 saturated carbocycles. The fourth-order valence-electron chi connectivity index (χ4n) is 8.47. The predicted octanol–water partition coefficient (Wildman–Crippen LogP) is 5.87. The smallest absolute Gasteiger partial charge is 0.309 e. The summed E-state index contributed by atoms with van der Waals surface area (Å²) in [6.45, 7) is 20.9. The molecule has 0 aromatic rings. The van der Waals surface area contributed by atoms with Gasteiger partial charge in [0.25, 0.3) is 0 Å². The lowest BCUT2D eigenvalue weighted by Crippen LogP contribution is -2.52. The molecular formula is C31H54N2O4. The Balaban J connectivity index is 1.29. The van der Waals surface area contributed by atoms with Gasteiger partial charge in [-0.2, -0.15) is 0 Å². The van der Waals surface area contributed by atoms with Gasteiger partial charge < -0.3 is 14.8 Å². The Morgan fingerprint density at radius 2 is 1.30 bits per heavy atom. The second-order valence-corrected chi connectivity index (χ2v) is 15.1. The number of nitrogens with zero attached hydrogens (tertiary/aromatic N) is 1. The lowest BCUT2D eigenvalue weighted by molar-refractivity contribution is -0.163. The molecule has 6 heteroatoms. The third-order valence-electron chi connectivity index (χ3n) is 10.3. The summed E-state index contributed by atoms with van der Waals surface area (Å²) in [5.41, 5.74) is -0.333. The van der Waals surface area contributed by atoms with E-state index in [1.165, 1.54) is 0 Å². The number of hydrogen-bond acceptors (Lipinski definition) is 6. The van der Waals surface area contributed by atoms with Crippen molar-refractivity contribution in [3.63, 3.8) is 0 Å². The maximum atomic E-state index is 13.4. The van der Waals surface area contributed by atoms with E-state index >= 15 is 0 Å². The highest BCUT2D eigenvalue weighted by atomic mass is 16.6. The molecular weight excluding hydrogens is 464 g/mol. The van der Waals surface area contributed by atoms with Crippen molar-refractivity contribution in [2.24, 2.45) is 23.7 Å². The van der Waals surface area contributed by atoms with Gasteiger partial charge in [0.1, 0.15) is 12.2 Å². The van der Waals surface area contributed by atoms with Gasteiger partial charge in [-0.05, 0) is 119 Å². The van der Waals surface area contributed by atoms with E-state index in [-0.39, 0.29) is 58.1 Å². The topological polar surface area (TPSA) is 67.9 Å². The van der Waals surface area contributed by atoms with E-state index in [2.05, 4.69) is 72.5 Å². The molecule has 2 heterocycles. The van der Waals surface area contributed by atoms with E-state index in [1.807, 2.05) is 0 Å². The molecule has 4 rings (SSSR count). The number of ether oxygens (including phenoxy) is 2. The van der Waals surface area contributed by atoms with Gasteiger partial charge in [-0.25, -0.2) is 0 Å². The van der Waals surface area contributed by atoms with Crippen molar-refractivity contribution in [1.29, 1.82) is 0 Å². The van der Waals surface area contributed by atoms with Gasteiger partial charge in [0.2, 0.25) is 0 Å². The fraction of sp³-hybridized carbons (Fsp3) is 0.935. The highest BCUT2D eigenvalue weighted by Crippen LogP contribution is 2.47. The molecule has 2 aliphatic heterocycles. The van der Waals surface area contributed by atoms with Gasteiger partial charge in [-0.15, -0.1) is 0 Å². The Morgan fingerprint density at radius 1 is 0.784 bits per heavy atom. The molecule has 2 aliphatic carbocycles. The van der Waals surface area contributed by atoms with Crippen LogP contribution in [0.15, 0.2) is 0 Å². The summed E-state index contributed by atoms with van der Waals surface area (Å²) in [4.78, 5) is 29.0. The fourth-order valence-corrected chi connectivity index (χ4v) is 8.47. The van der Waals surface area contributed by atoms with Gasteiger partial charge in [0, 0.05) is 23.9 Å². The van der Waals surface area contributed by atoms with Crippen LogP contribution in [0.4, 0.5) is 0 Å². The predicted molar refractivity (Wildman–Crippen MR) is 147 cm³/mol. The Hall–Kier alpha value is -1.14. The molecule has 37 heavy (non-hydrogen) atoms. The van der Waals surface area contributed by atoms with Crippen LogP contribution in [0.2, 0.25) is 0 Å². The number of esters is 2. The van der Waals surface area contributed by atoms with Gasteiger partial charge in [-0.3, -0.25) is 14.5 Å². The molecule has 0 aromatic carbocycles. The molecule has 6 atom stereocenters. The van der Waals surface area contributed by atoms with Gasteiger partial charge in [0.15, 0.2) is 0 Å². The second-order valence-electron chi connectivity index (χ2n) is 15.1. The maximum absolute atomic E-state index is 13.4. The molecule has 1 N–H and O–H groups in total. The van der Waals surface area contributed by atoms with Crippen LogP contribution in [0.25, 0.3) is 0 Å². The number of carbonyl (C=O) groups is 2. The molecule has 0 aromatic heterocycles. The summed E-state index contributed by atoms with van der Waals surface area (Å²) in [6.07, 6.45) is 8.28. The van der Waals surface area contributed by atoms with Crippen molar-refractivity contribution in [2.75, 3.05) is 6.54 Å². The molecule has 6 nitrogen and oxygen atoms in total. The lowest BCUT2D eigenvalue weighted by Gasteiger charge is -2.42. The standard InChI is InChI=1S/C31H54N2O4/c1-10-15-33-29(4,5)19-25(31(33,8)9)37-27(35)23-14-12-20-16-22(13-11-21(20)17-23)26(34)36-24-18-28(2,3)32-30(24,6)7/h20-25,32H,10-19H2,1-9H3. The van der Waals surface area contributed by atoms with Crippen LogP contribution in [0, 0.1) is 23.7 Å². The summed E-state index contributed by atoms with van der Waals surface area (Å²) in [6, 6.07) is 0. The number of fused-ring (bicyclic) bond motifs is 1. The van der Waals surface area contributed by atoms with E-state index < -0.39 is 0 Å². The van der Waals surface area contributed by atoms with E-state index in [4.69, 9.17) is 9.47 Å². The summed E-state index contributed by atoms with van der Waals surface area (Å²) in [5.74, 6) is 1.02. The number of nitrogens with one attached hydrogen (secondary N) is 1. The van der Waals surface area contributed by atoms with Crippen LogP contribution in [-0.2, 0) is 19.1 Å². The van der Waals surface area contributed by atoms with E-state index in [0.29, 0.717) is 11.8 Å². The Bertz CT molecular complexity index is 863. The van der Waals surface area contributed by atoms with Gasteiger partial charge >= 0.3 is 11.9 Å². The molecule has 4 aliphatic rings. The minimum atomic E-state index is -0.203. The zero-order valence-electron chi connectivity index (χ0n) is 25.1. The lowest BCUT2D eigenvalue weighted by atomic mass is 9.65. The SMILES string of the molecule is CCCN1C(C)(C)CC(OC(=O)C2CCC3CC(C(=O)OC4CC(C)(C)NC4(C)C)CCC3C2)C1(C)C. The number of rotatable bonds is 6. The van der Waals surface area contributed by atoms with Gasteiger partial charge in [-0.1, -0.05) is 6.92 Å². The highest BCUT2D eigenvalue weighted by molar-refractivity contribution is 5.74. The van der Waals surface area contributed by atoms with Crippen molar-refractivity contribution < 1.29 is 19.1 Å². The largest absolute Gasteiger partial charge is 0.460 e. The van der Waals surface area contributed by atoms with Crippen LogP contribution < -0.4 is 5.32 Å². The van der Waals surface area contributed by atoms with E-state index in [9.17, 15) is 9.59 Å². The first-order valence-electron chi connectivity index (χ1n) is 15.0. The van der Waals surface area contributed by atoms with Crippen molar-refractivity contribution in [3.05, 3.63) is 0 Å². The number of likely N-dealkylation sites (tertiary alicyclic amines) is 1. The average Bonchev–Trinajstić information content (AvgIpc) is 3.10. The van der Waals surface area contributed by atoms with Gasteiger partial charge in [0.05, 0.1) is 22.9 Å². The molecule has 2 saturated heterocycles. The molecule has 4 fully saturated rings. The minimum absolute atomic E-state index is 0.00326. The Labute approximate surface area is 226 Å². The third kappa shape index (κ3) is 5.90. The van der Waals surface area contributed by atoms with Crippen molar-refractivity contribution in [3.8, 4) is 0 Å². The van der Waals surface area contributed by atoms with Crippen LogP contribution in [0.1, 0.15) is 120 Å². The first-order valence-corrected chi connectivity index (χ1v) is 15.0. The molecule has 0 bridgehead atoms. The summed E-state index contributed by atoms with van der Waals surface area (Å²) >= 11 is 0. The first-order chi connectivity index (χ1) is 17.1. The normalized spacial score (nSPS) is 38.1. The van der Waals surface area contributed by atoms with Crippen LogP contribution in [-0.4, -0.2) is 57.7 Å². The second kappa shape index (κ2) is 10.1. The first kappa shape index (κ1) is 28.9. The van der Waals surface area contributed by atoms with Crippen LogP contribution >= 0.6 is 0 Å². The van der Waals surface area contributed by atoms with Crippen molar-refractivity contribution >= 4 is 11.9 Å². The molecule has 6 unspecified atom stereocenters. The monoisotopic (exact) mass is 518 g/mol. The summed E-state index contributed by atoms with van der Waals surface area (Å²) < 4.78 is 12.4. The third-order valence-corrected chi connectivity index (χ3v) is 10.3. The number of carbonyl (C=O) groups excluding carboxylic acids is 2. The summed E-state index contributed by atoms with van der Waals surface area (Å²) in [5, 5.41) is 3.61. The maximum Gasteiger partial charge on any atom is 0.309 e. The van der Waals surface area contributed by atoms with E-state index in [0.717, 1.165) is 64.3 Å². The van der Waals surface area contributed by atoms with Crippen LogP contribution in [0.3, 0.4) is 0 Å².